The molecule has 1 aromatic carbocycles. The molecular formula is C38H50O5. The van der Waals surface area contributed by atoms with Gasteiger partial charge in [0.1, 0.15) is 22.5 Å². The van der Waals surface area contributed by atoms with Gasteiger partial charge in [0, 0.05) is 5.56 Å². The van der Waals surface area contributed by atoms with E-state index in [1.165, 1.54) is 12.1 Å². The van der Waals surface area contributed by atoms with Crippen molar-refractivity contribution in [1.82, 2.24) is 0 Å². The van der Waals surface area contributed by atoms with Crippen LogP contribution in [-0.2, 0) is 14.4 Å². The van der Waals surface area contributed by atoms with E-state index in [1.54, 1.807) is 12.1 Å². The summed E-state index contributed by atoms with van der Waals surface area (Å²) in [6.45, 7) is 18.0. The lowest BCUT2D eigenvalue weighted by Gasteiger charge is -2.61. The number of hydrogen-bond donors (Lipinski definition) is 2. The Morgan fingerprint density at radius 2 is 1.42 bits per heavy atom. The smallest absolute Gasteiger partial charge is 0.184 e. The van der Waals surface area contributed by atoms with Gasteiger partial charge < -0.3 is 10.2 Å². The normalized spacial score (nSPS) is 27.7. The monoisotopic (exact) mass is 586 g/mol. The molecule has 2 aliphatic rings. The number of aliphatic hydroxyl groups excluding tert-OH is 1. The number of Topliss-reactive ketones (excluding diaryl/α,β-unsaturated/α-hetero) is 3. The highest BCUT2D eigenvalue weighted by Gasteiger charge is 2.74. The molecule has 232 valence electrons. The molecule has 3 rings (SSSR count). The maximum absolute atomic E-state index is 15.2. The fourth-order valence-electron chi connectivity index (χ4n) is 7.10. The largest absolute Gasteiger partial charge is 0.508 e. The van der Waals surface area contributed by atoms with Crippen LogP contribution in [0.2, 0.25) is 0 Å². The van der Waals surface area contributed by atoms with Crippen molar-refractivity contribution in [3.05, 3.63) is 82.0 Å². The van der Waals surface area contributed by atoms with Gasteiger partial charge in [-0.15, -0.1) is 0 Å². The minimum absolute atomic E-state index is 0.0940. The van der Waals surface area contributed by atoms with Crippen molar-refractivity contribution in [2.45, 2.75) is 101 Å². The molecule has 0 aromatic heterocycles. The molecule has 0 aliphatic heterocycles. The highest BCUT2D eigenvalue weighted by Crippen LogP contribution is 2.67. The molecule has 4 atom stereocenters. The molecule has 0 heterocycles. The second-order valence-electron chi connectivity index (χ2n) is 13.9. The topological polar surface area (TPSA) is 91.7 Å². The molecule has 2 saturated carbocycles. The summed E-state index contributed by atoms with van der Waals surface area (Å²) in [6, 6.07) is 5.92. The first kappa shape index (κ1) is 34.0. The number of phenolic OH excluding ortho intramolecular Hbond substituents is 1. The van der Waals surface area contributed by atoms with Crippen LogP contribution in [0.3, 0.4) is 0 Å². The number of phenols is 1. The number of fused-ring (bicyclic) bond motifs is 2. The van der Waals surface area contributed by atoms with E-state index in [2.05, 4.69) is 19.1 Å². The van der Waals surface area contributed by atoms with E-state index in [9.17, 15) is 15.0 Å². The maximum atomic E-state index is 15.2. The van der Waals surface area contributed by atoms with Gasteiger partial charge in [0.25, 0.3) is 0 Å². The van der Waals surface area contributed by atoms with Crippen molar-refractivity contribution >= 4 is 23.1 Å². The van der Waals surface area contributed by atoms with E-state index in [4.69, 9.17) is 0 Å². The maximum Gasteiger partial charge on any atom is 0.184 e. The zero-order chi connectivity index (χ0) is 32.3. The lowest BCUT2D eigenvalue weighted by molar-refractivity contribution is -0.178. The number of carbonyl (C=O) groups excluding carboxylic acids is 3. The molecule has 2 aliphatic carbocycles. The number of aliphatic hydroxyl groups is 1. The Morgan fingerprint density at radius 1 is 0.837 bits per heavy atom. The Morgan fingerprint density at radius 3 is 1.98 bits per heavy atom. The van der Waals surface area contributed by atoms with Gasteiger partial charge in [-0.3, -0.25) is 14.4 Å². The summed E-state index contributed by atoms with van der Waals surface area (Å²) in [5, 5.41) is 21.8. The average Bonchev–Trinajstić information content (AvgIpc) is 2.91. The molecule has 0 radical (unpaired) electrons. The summed E-state index contributed by atoms with van der Waals surface area (Å²) in [6.07, 6.45) is 10.7. The molecule has 0 amide bonds. The molecule has 5 nitrogen and oxygen atoms in total. The number of aromatic hydroxyl groups is 1. The summed E-state index contributed by atoms with van der Waals surface area (Å²) in [7, 11) is 0. The average molecular weight is 587 g/mol. The van der Waals surface area contributed by atoms with Crippen molar-refractivity contribution in [3.63, 3.8) is 0 Å². The Hall–Kier alpha value is -3.47. The van der Waals surface area contributed by atoms with E-state index in [0.29, 0.717) is 25.7 Å². The summed E-state index contributed by atoms with van der Waals surface area (Å²) in [5.74, 6) is -2.22. The lowest BCUT2D eigenvalue weighted by atomic mass is 9.37. The minimum Gasteiger partial charge on any atom is -0.508 e. The number of benzene rings is 1. The Balaban J connectivity index is 2.50. The van der Waals surface area contributed by atoms with Crippen LogP contribution in [0.25, 0.3) is 5.76 Å². The van der Waals surface area contributed by atoms with Gasteiger partial charge in [0.05, 0.1) is 5.41 Å². The Kier molecular flexibility index (Phi) is 10.3. The van der Waals surface area contributed by atoms with E-state index in [-0.39, 0.29) is 41.4 Å². The van der Waals surface area contributed by atoms with E-state index in [1.807, 2.05) is 67.5 Å². The summed E-state index contributed by atoms with van der Waals surface area (Å²) in [5.41, 5.74) is 0.267. The van der Waals surface area contributed by atoms with Crippen molar-refractivity contribution < 1.29 is 24.6 Å². The number of rotatable bonds is 10. The number of ketones is 3. The van der Waals surface area contributed by atoms with Gasteiger partial charge in [-0.25, -0.2) is 0 Å². The Labute approximate surface area is 258 Å². The zero-order valence-electron chi connectivity index (χ0n) is 27.6. The minimum atomic E-state index is -1.55. The first-order valence-corrected chi connectivity index (χ1v) is 15.4. The summed E-state index contributed by atoms with van der Waals surface area (Å²) in [4.78, 5) is 44.9. The quantitative estimate of drug-likeness (QED) is 0.0937. The van der Waals surface area contributed by atoms with Gasteiger partial charge in [-0.05, 0) is 117 Å². The van der Waals surface area contributed by atoms with Gasteiger partial charge in [0.15, 0.2) is 17.3 Å². The first-order valence-electron chi connectivity index (χ1n) is 15.4. The van der Waals surface area contributed by atoms with Crippen molar-refractivity contribution in [3.8, 4) is 5.75 Å². The molecule has 4 unspecified atom stereocenters. The highest BCUT2D eigenvalue weighted by molar-refractivity contribution is 6.41. The van der Waals surface area contributed by atoms with Gasteiger partial charge in [-0.1, -0.05) is 65.7 Å². The van der Waals surface area contributed by atoms with Crippen LogP contribution in [0.4, 0.5) is 0 Å². The van der Waals surface area contributed by atoms with E-state index in [0.717, 1.165) is 22.3 Å². The van der Waals surface area contributed by atoms with Crippen LogP contribution in [0.15, 0.2) is 76.4 Å². The van der Waals surface area contributed by atoms with Crippen LogP contribution in [-0.4, -0.2) is 27.6 Å². The SMILES string of the molecule is CC(C)=CCCC1(C)C(CC=C(C)C)CC2(CC=C(C)C)C(=O)C(=C(O)c3cccc(O)c3)C(=O)C1(CC=C(C)C)C2=O. The molecule has 43 heavy (non-hydrogen) atoms. The molecule has 2 N–H and O–H groups in total. The standard InChI is InChI=1S/C38H50O5/c1-24(2)12-11-19-36(9)29(16-15-25(3)4)23-37(20-17-26(5)6)33(41)31(32(40)28-13-10-14-30(39)22-28)34(42)38(36,35(37)43)21-18-27(7)8/h10,12-15,17-18,22,29,39-40H,11,16,19-21,23H2,1-9H3. The van der Waals surface area contributed by atoms with Crippen LogP contribution < -0.4 is 0 Å². The van der Waals surface area contributed by atoms with Crippen molar-refractivity contribution in [1.29, 1.82) is 0 Å². The number of carbonyl (C=O) groups is 3. The van der Waals surface area contributed by atoms with Gasteiger partial charge in [0.2, 0.25) is 0 Å². The van der Waals surface area contributed by atoms with Crippen LogP contribution >= 0.6 is 0 Å². The summed E-state index contributed by atoms with van der Waals surface area (Å²) < 4.78 is 0. The van der Waals surface area contributed by atoms with Crippen molar-refractivity contribution in [2.75, 3.05) is 0 Å². The molecule has 2 fully saturated rings. The van der Waals surface area contributed by atoms with Crippen LogP contribution in [0.5, 0.6) is 5.75 Å². The molecule has 2 bridgehead atoms. The second kappa shape index (κ2) is 13.0. The first-order chi connectivity index (χ1) is 20.0. The van der Waals surface area contributed by atoms with Crippen LogP contribution in [0.1, 0.15) is 106 Å². The lowest BCUT2D eigenvalue weighted by Crippen LogP contribution is -2.70. The summed E-state index contributed by atoms with van der Waals surface area (Å²) >= 11 is 0. The van der Waals surface area contributed by atoms with Gasteiger partial charge >= 0.3 is 0 Å². The third-order valence-electron chi connectivity index (χ3n) is 9.63. The number of hydrogen-bond acceptors (Lipinski definition) is 5. The van der Waals surface area contributed by atoms with E-state index < -0.39 is 33.6 Å². The van der Waals surface area contributed by atoms with Crippen molar-refractivity contribution in [2.24, 2.45) is 22.2 Å². The van der Waals surface area contributed by atoms with E-state index >= 15 is 9.59 Å². The highest BCUT2D eigenvalue weighted by atomic mass is 16.3. The fourth-order valence-corrected chi connectivity index (χ4v) is 7.10. The molecule has 1 aromatic rings. The van der Waals surface area contributed by atoms with Gasteiger partial charge in [-0.2, -0.15) is 0 Å². The second-order valence-corrected chi connectivity index (χ2v) is 13.9. The third-order valence-corrected chi connectivity index (χ3v) is 9.63. The molecular weight excluding hydrogens is 536 g/mol. The predicted octanol–water partition coefficient (Wildman–Crippen LogP) is 9.20. The third kappa shape index (κ3) is 6.27. The molecule has 5 heteroatoms. The molecule has 0 spiro atoms. The number of allylic oxidation sites excluding steroid dienone is 9. The predicted molar refractivity (Wildman–Crippen MR) is 175 cm³/mol. The molecule has 0 saturated heterocycles. The van der Waals surface area contributed by atoms with Crippen LogP contribution in [0, 0.1) is 22.2 Å². The fraction of sp³-hybridized carbons (Fsp3) is 0.500. The Bertz CT molecular complexity index is 1430. The zero-order valence-corrected chi connectivity index (χ0v) is 27.6.